The van der Waals surface area contributed by atoms with Crippen LogP contribution in [0, 0.1) is 21.0 Å². The van der Waals surface area contributed by atoms with Crippen molar-refractivity contribution in [3.63, 3.8) is 0 Å². The normalized spacial score (nSPS) is 13.4. The zero-order chi connectivity index (χ0) is 26.5. The van der Waals surface area contributed by atoms with Crippen molar-refractivity contribution < 1.29 is 45.8 Å². The third-order valence-electron chi connectivity index (χ3n) is 4.49. The van der Waals surface area contributed by atoms with E-state index in [1.54, 1.807) is 6.07 Å². The second-order valence-corrected chi connectivity index (χ2v) is 8.34. The van der Waals surface area contributed by atoms with Gasteiger partial charge in [0.15, 0.2) is 11.6 Å². The molecule has 0 bridgehead atoms. The Morgan fingerprint density at radius 2 is 1.69 bits per heavy atom. The molecule has 15 heteroatoms. The summed E-state index contributed by atoms with van der Waals surface area (Å²) >= 11 is 1.92. The number of primary amides is 1. The quantitative estimate of drug-likeness (QED) is 0.292. The number of anilines is 2. The molecule has 0 unspecified atom stereocenters. The fourth-order valence-electron chi connectivity index (χ4n) is 2.77. The first-order valence-electron chi connectivity index (χ1n) is 9.51. The lowest BCUT2D eigenvalue weighted by Gasteiger charge is -2.39. The Balaban J connectivity index is 0.000000540. The number of amides is 2. The number of rotatable bonds is 6. The highest BCUT2D eigenvalue weighted by atomic mass is 127. The van der Waals surface area contributed by atoms with Crippen molar-refractivity contribution in [3.05, 3.63) is 56.9 Å². The first-order valence-corrected chi connectivity index (χ1v) is 10.6. The number of alkyl halides is 3. The maximum Gasteiger partial charge on any atom is 0.490 e. The van der Waals surface area contributed by atoms with E-state index in [0.717, 1.165) is 12.1 Å². The Kier molecular flexibility index (Phi) is 9.31. The molecule has 3 rings (SSSR count). The van der Waals surface area contributed by atoms with Gasteiger partial charge in [0.2, 0.25) is 5.91 Å². The predicted molar refractivity (Wildman–Crippen MR) is 119 cm³/mol. The monoisotopic (exact) mass is 618 g/mol. The molecule has 1 aliphatic heterocycles. The largest absolute Gasteiger partial charge is 0.490 e. The lowest BCUT2D eigenvalue weighted by atomic mass is 10.0. The second kappa shape index (κ2) is 11.6. The number of halogens is 7. The molecular weight excluding hydrogens is 601 g/mol. The van der Waals surface area contributed by atoms with E-state index in [1.165, 1.54) is 17.0 Å². The SMILES string of the molecule is NC(=O)CNC1CN(C(=O)c2ccc(F)c(F)c2Nc2ccc(I)cc2F)C1.O=C(O)C(F)(F)F. The molecule has 0 spiro atoms. The van der Waals surface area contributed by atoms with Gasteiger partial charge in [-0.15, -0.1) is 0 Å². The summed E-state index contributed by atoms with van der Waals surface area (Å²) in [7, 11) is 0. The van der Waals surface area contributed by atoms with Gasteiger partial charge in [-0.25, -0.2) is 18.0 Å². The van der Waals surface area contributed by atoms with Crippen molar-refractivity contribution in [1.29, 1.82) is 0 Å². The fourth-order valence-corrected chi connectivity index (χ4v) is 3.22. The van der Waals surface area contributed by atoms with Crippen LogP contribution in [0.15, 0.2) is 30.3 Å². The number of carbonyl (C=O) groups is 3. The van der Waals surface area contributed by atoms with Gasteiger partial charge in [-0.1, -0.05) is 0 Å². The number of benzene rings is 2. The van der Waals surface area contributed by atoms with Gasteiger partial charge in [-0.2, -0.15) is 13.2 Å². The number of aliphatic carboxylic acids is 1. The van der Waals surface area contributed by atoms with Gasteiger partial charge in [0.05, 0.1) is 23.5 Å². The summed E-state index contributed by atoms with van der Waals surface area (Å²) in [5, 5.41) is 12.5. The standard InChI is InChI=1S/C18H16F3IN4O2.C2HF3O2/c19-12-3-2-11(18(28)26-7-10(8-26)24-6-15(23)27)17(16(12)21)25-14-4-1-9(22)5-13(14)20;3-2(4,5)1(6)7/h1-5,10,24-25H,6-8H2,(H2,23,27);(H,6,7). The number of likely N-dealkylation sites (tertiary alicyclic amines) is 1. The maximum absolute atomic E-state index is 14.4. The first-order chi connectivity index (χ1) is 16.2. The molecule has 1 aliphatic rings. The molecule has 35 heavy (non-hydrogen) atoms. The van der Waals surface area contributed by atoms with Crippen LogP contribution in [-0.4, -0.2) is 59.6 Å². The summed E-state index contributed by atoms with van der Waals surface area (Å²) in [5.41, 5.74) is 4.42. The van der Waals surface area contributed by atoms with Gasteiger partial charge in [-0.05, 0) is 52.9 Å². The van der Waals surface area contributed by atoms with Crippen LogP contribution in [0.4, 0.5) is 37.7 Å². The van der Waals surface area contributed by atoms with Crippen LogP contribution < -0.4 is 16.4 Å². The minimum atomic E-state index is -5.08. The lowest BCUT2D eigenvalue weighted by molar-refractivity contribution is -0.192. The molecule has 190 valence electrons. The molecule has 0 atom stereocenters. The highest BCUT2D eigenvalue weighted by Crippen LogP contribution is 2.30. The Morgan fingerprint density at radius 3 is 2.20 bits per heavy atom. The van der Waals surface area contributed by atoms with Gasteiger partial charge in [0.25, 0.3) is 5.91 Å². The number of hydrogen-bond acceptors (Lipinski definition) is 5. The van der Waals surface area contributed by atoms with Crippen LogP contribution in [-0.2, 0) is 9.59 Å². The van der Waals surface area contributed by atoms with E-state index in [2.05, 4.69) is 10.6 Å². The number of nitrogens with one attached hydrogen (secondary N) is 2. The molecule has 8 nitrogen and oxygen atoms in total. The third-order valence-corrected chi connectivity index (χ3v) is 5.16. The van der Waals surface area contributed by atoms with Gasteiger partial charge in [0, 0.05) is 22.7 Å². The summed E-state index contributed by atoms with van der Waals surface area (Å²) in [4.78, 5) is 33.8. The number of carboxylic acids is 1. The van der Waals surface area contributed by atoms with Gasteiger partial charge in [-0.3, -0.25) is 9.59 Å². The van der Waals surface area contributed by atoms with Crippen molar-refractivity contribution in [2.45, 2.75) is 12.2 Å². The summed E-state index contributed by atoms with van der Waals surface area (Å²) in [6.45, 7) is 0.543. The lowest BCUT2D eigenvalue weighted by Crippen LogP contribution is -2.60. The zero-order valence-corrected chi connectivity index (χ0v) is 19.6. The van der Waals surface area contributed by atoms with E-state index < -0.39 is 47.1 Å². The predicted octanol–water partition coefficient (Wildman–Crippen LogP) is 2.98. The molecule has 1 saturated heterocycles. The molecule has 2 amide bonds. The van der Waals surface area contributed by atoms with Crippen molar-refractivity contribution in [2.24, 2.45) is 5.73 Å². The molecule has 1 heterocycles. The van der Waals surface area contributed by atoms with Crippen molar-refractivity contribution >= 4 is 51.7 Å². The van der Waals surface area contributed by atoms with Gasteiger partial charge >= 0.3 is 12.1 Å². The van der Waals surface area contributed by atoms with Crippen LogP contribution in [0.1, 0.15) is 10.4 Å². The van der Waals surface area contributed by atoms with Crippen LogP contribution in [0.3, 0.4) is 0 Å². The number of nitrogens with zero attached hydrogens (tertiary/aromatic N) is 1. The van der Waals surface area contributed by atoms with E-state index in [4.69, 9.17) is 15.6 Å². The molecule has 0 radical (unpaired) electrons. The minimum Gasteiger partial charge on any atom is -0.475 e. The van der Waals surface area contributed by atoms with Crippen LogP contribution >= 0.6 is 22.6 Å². The fraction of sp³-hybridized carbons (Fsp3) is 0.250. The second-order valence-electron chi connectivity index (χ2n) is 7.09. The van der Waals surface area contributed by atoms with E-state index in [-0.39, 0.29) is 36.9 Å². The van der Waals surface area contributed by atoms with Crippen LogP contribution in [0.2, 0.25) is 0 Å². The third kappa shape index (κ3) is 7.71. The minimum absolute atomic E-state index is 0.0171. The van der Waals surface area contributed by atoms with Crippen LogP contribution in [0.25, 0.3) is 0 Å². The average Bonchev–Trinajstić information content (AvgIpc) is 2.71. The van der Waals surface area contributed by atoms with Crippen molar-refractivity contribution in [1.82, 2.24) is 10.2 Å². The zero-order valence-electron chi connectivity index (χ0n) is 17.4. The summed E-state index contributed by atoms with van der Waals surface area (Å²) in [6, 6.07) is 6.08. The summed E-state index contributed by atoms with van der Waals surface area (Å²) in [6.07, 6.45) is -5.08. The molecule has 0 aromatic heterocycles. The topological polar surface area (TPSA) is 125 Å². The van der Waals surface area contributed by atoms with Gasteiger partial charge in [0.1, 0.15) is 5.82 Å². The maximum atomic E-state index is 14.4. The van der Waals surface area contributed by atoms with E-state index >= 15 is 0 Å². The number of carbonyl (C=O) groups excluding carboxylic acids is 2. The van der Waals surface area contributed by atoms with Crippen molar-refractivity contribution in [3.8, 4) is 0 Å². The molecule has 2 aromatic carbocycles. The van der Waals surface area contributed by atoms with Crippen molar-refractivity contribution in [2.75, 3.05) is 25.0 Å². The molecule has 0 aliphatic carbocycles. The number of hydrogen-bond donors (Lipinski definition) is 4. The Morgan fingerprint density at radius 1 is 1.09 bits per heavy atom. The van der Waals surface area contributed by atoms with Crippen LogP contribution in [0.5, 0.6) is 0 Å². The molecule has 1 fully saturated rings. The van der Waals surface area contributed by atoms with E-state index in [1.807, 2.05) is 22.6 Å². The van der Waals surface area contributed by atoms with E-state index in [0.29, 0.717) is 3.57 Å². The Labute approximate surface area is 207 Å². The number of nitrogens with two attached hydrogens (primary N) is 1. The smallest absolute Gasteiger partial charge is 0.475 e. The molecule has 0 saturated carbocycles. The summed E-state index contributed by atoms with van der Waals surface area (Å²) in [5.74, 6) is -6.90. The molecular formula is C20H17F6IN4O4. The number of carboxylic acid groups (broad SMARTS) is 1. The highest BCUT2D eigenvalue weighted by molar-refractivity contribution is 14.1. The average molecular weight is 618 g/mol. The molecule has 2 aromatic rings. The summed E-state index contributed by atoms with van der Waals surface area (Å²) < 4.78 is 74.6. The highest BCUT2D eigenvalue weighted by Gasteiger charge is 2.38. The Bertz CT molecular complexity index is 1130. The molecule has 5 N–H and O–H groups in total. The first kappa shape index (κ1) is 28.2. The van der Waals surface area contributed by atoms with Gasteiger partial charge < -0.3 is 26.4 Å². The van der Waals surface area contributed by atoms with E-state index in [9.17, 15) is 35.9 Å². The Hall–Kier alpha value is -3.08.